The summed E-state index contributed by atoms with van der Waals surface area (Å²) in [6.45, 7) is 4.23. The number of unbranched alkanes of at least 4 members (excludes halogenated alkanes) is 1. The number of rotatable bonds is 8. The molecule has 0 rings (SSSR count). The van der Waals surface area contributed by atoms with Gasteiger partial charge in [-0.1, -0.05) is 46.0 Å². The Kier molecular flexibility index (Phi) is 7.19. The van der Waals surface area contributed by atoms with Crippen molar-refractivity contribution in [3.05, 3.63) is 0 Å². The number of hydrogen-bond donors (Lipinski definition) is 1. The fraction of sp³-hybridized carbons (Fsp3) is 1.00. The Labute approximate surface area is 87.7 Å². The predicted octanol–water partition coefficient (Wildman–Crippen LogP) is 2.87. The van der Waals surface area contributed by atoms with E-state index in [9.17, 15) is 8.42 Å². The van der Waals surface area contributed by atoms with Crippen LogP contribution in [0.15, 0.2) is 0 Å². The van der Waals surface area contributed by atoms with Crippen molar-refractivity contribution < 1.29 is 13.0 Å². The summed E-state index contributed by atoms with van der Waals surface area (Å²) >= 11 is 0. The van der Waals surface area contributed by atoms with E-state index in [1.165, 1.54) is 0 Å². The summed E-state index contributed by atoms with van der Waals surface area (Å²) in [5, 5.41) is 0. The highest BCUT2D eigenvalue weighted by Gasteiger charge is 2.12. The lowest BCUT2D eigenvalue weighted by Crippen LogP contribution is -2.10. The zero-order chi connectivity index (χ0) is 11.0. The van der Waals surface area contributed by atoms with Crippen LogP contribution in [0.4, 0.5) is 0 Å². The van der Waals surface area contributed by atoms with Gasteiger partial charge in [0.05, 0.1) is 5.75 Å². The Bertz CT molecular complexity index is 222. The van der Waals surface area contributed by atoms with Gasteiger partial charge in [0, 0.05) is 0 Å². The van der Waals surface area contributed by atoms with Gasteiger partial charge in [-0.2, -0.15) is 8.42 Å². The third-order valence-corrected chi connectivity index (χ3v) is 3.20. The maximum atomic E-state index is 10.6. The molecule has 0 amide bonds. The summed E-state index contributed by atoms with van der Waals surface area (Å²) < 4.78 is 29.8. The van der Waals surface area contributed by atoms with Gasteiger partial charge in [0.1, 0.15) is 0 Å². The molecule has 0 aliphatic heterocycles. The summed E-state index contributed by atoms with van der Waals surface area (Å²) in [5.41, 5.74) is 0. The molecule has 0 unspecified atom stereocenters. The predicted molar refractivity (Wildman–Crippen MR) is 59.0 cm³/mol. The van der Waals surface area contributed by atoms with Gasteiger partial charge in [-0.05, 0) is 12.3 Å². The normalized spacial score (nSPS) is 14.2. The zero-order valence-corrected chi connectivity index (χ0v) is 10.0. The molecule has 4 heteroatoms. The van der Waals surface area contributed by atoms with E-state index in [-0.39, 0.29) is 5.75 Å². The Morgan fingerprint density at radius 1 is 1.07 bits per heavy atom. The van der Waals surface area contributed by atoms with Gasteiger partial charge in [0.2, 0.25) is 0 Å². The second-order valence-corrected chi connectivity index (χ2v) is 5.44. The van der Waals surface area contributed by atoms with E-state index in [2.05, 4.69) is 13.8 Å². The molecule has 0 fully saturated rings. The van der Waals surface area contributed by atoms with Crippen LogP contribution < -0.4 is 0 Å². The Morgan fingerprint density at radius 2 is 1.71 bits per heavy atom. The topological polar surface area (TPSA) is 54.4 Å². The molecule has 0 radical (unpaired) electrons. The minimum absolute atomic E-state index is 0.0820. The molecule has 0 aromatic heterocycles. The molecular formula is C10H22O3S. The van der Waals surface area contributed by atoms with Gasteiger partial charge >= 0.3 is 0 Å². The quantitative estimate of drug-likeness (QED) is 0.642. The lowest BCUT2D eigenvalue weighted by atomic mass is 9.95. The Morgan fingerprint density at radius 3 is 2.14 bits per heavy atom. The first-order valence-corrected chi connectivity index (χ1v) is 7.05. The monoisotopic (exact) mass is 222 g/mol. The van der Waals surface area contributed by atoms with E-state index >= 15 is 0 Å². The molecule has 0 saturated carbocycles. The van der Waals surface area contributed by atoms with Crippen LogP contribution in [0.3, 0.4) is 0 Å². The van der Waals surface area contributed by atoms with Gasteiger partial charge in [-0.3, -0.25) is 4.55 Å². The van der Waals surface area contributed by atoms with E-state index in [1.54, 1.807) is 0 Å². The molecule has 0 aromatic rings. The zero-order valence-electron chi connectivity index (χ0n) is 9.20. The summed E-state index contributed by atoms with van der Waals surface area (Å²) in [6, 6.07) is 0. The summed E-state index contributed by atoms with van der Waals surface area (Å²) in [7, 11) is -3.76. The van der Waals surface area contributed by atoms with Crippen molar-refractivity contribution in [1.82, 2.24) is 0 Å². The lowest BCUT2D eigenvalue weighted by Gasteiger charge is -2.14. The van der Waals surface area contributed by atoms with Crippen molar-refractivity contribution >= 4 is 10.1 Å². The van der Waals surface area contributed by atoms with Gasteiger partial charge in [0.25, 0.3) is 10.1 Å². The molecule has 0 saturated heterocycles. The summed E-state index contributed by atoms with van der Waals surface area (Å²) in [4.78, 5) is 0. The second-order valence-electron chi connectivity index (χ2n) is 3.87. The molecule has 0 heterocycles. The van der Waals surface area contributed by atoms with E-state index in [0.717, 1.165) is 32.1 Å². The van der Waals surface area contributed by atoms with Gasteiger partial charge < -0.3 is 0 Å². The molecule has 14 heavy (non-hydrogen) atoms. The van der Waals surface area contributed by atoms with Crippen LogP contribution in [0.2, 0.25) is 0 Å². The van der Waals surface area contributed by atoms with Crippen molar-refractivity contribution in [2.24, 2.45) is 5.92 Å². The van der Waals surface area contributed by atoms with Crippen LogP contribution in [-0.4, -0.2) is 18.7 Å². The van der Waals surface area contributed by atoms with E-state index in [1.807, 2.05) is 0 Å². The van der Waals surface area contributed by atoms with Crippen LogP contribution in [0.1, 0.15) is 52.4 Å². The highest BCUT2D eigenvalue weighted by atomic mass is 32.2. The van der Waals surface area contributed by atoms with Crippen LogP contribution in [0, 0.1) is 5.92 Å². The molecule has 0 aliphatic rings. The molecule has 3 nitrogen and oxygen atoms in total. The second kappa shape index (κ2) is 7.23. The van der Waals surface area contributed by atoms with E-state index < -0.39 is 10.1 Å². The smallest absolute Gasteiger partial charge is 0.264 e. The molecule has 0 aliphatic carbocycles. The van der Waals surface area contributed by atoms with E-state index in [4.69, 9.17) is 4.55 Å². The van der Waals surface area contributed by atoms with Crippen LogP contribution >= 0.6 is 0 Å². The highest BCUT2D eigenvalue weighted by molar-refractivity contribution is 7.85. The summed E-state index contributed by atoms with van der Waals surface area (Å²) in [5.74, 6) is 0.378. The fourth-order valence-electron chi connectivity index (χ4n) is 1.65. The maximum Gasteiger partial charge on any atom is 0.264 e. The minimum atomic E-state index is -3.76. The first-order chi connectivity index (χ1) is 6.49. The van der Waals surface area contributed by atoms with Crippen molar-refractivity contribution in [3.63, 3.8) is 0 Å². The average Bonchev–Trinajstić information content (AvgIpc) is 2.08. The standard InChI is InChI=1S/C10H22O3S/c1-3-5-7-10(6-4-2)8-9-14(11,12)13/h10H,3-9H2,1-2H3,(H,11,12,13)/t10-/m0/s1. The van der Waals surface area contributed by atoms with Crippen molar-refractivity contribution in [3.8, 4) is 0 Å². The fourth-order valence-corrected chi connectivity index (χ4v) is 2.28. The SMILES string of the molecule is CCCC[C@H](CCC)CCS(=O)(=O)O. The minimum Gasteiger partial charge on any atom is -0.286 e. The Balaban J connectivity index is 3.84. The van der Waals surface area contributed by atoms with Gasteiger partial charge in [-0.25, -0.2) is 0 Å². The molecule has 1 N–H and O–H groups in total. The number of hydrogen-bond acceptors (Lipinski definition) is 2. The lowest BCUT2D eigenvalue weighted by molar-refractivity contribution is 0.407. The van der Waals surface area contributed by atoms with Crippen LogP contribution in [0.25, 0.3) is 0 Å². The maximum absolute atomic E-state index is 10.6. The third kappa shape index (κ3) is 8.51. The van der Waals surface area contributed by atoms with Crippen LogP contribution in [-0.2, 0) is 10.1 Å². The van der Waals surface area contributed by atoms with E-state index in [0.29, 0.717) is 12.3 Å². The molecule has 0 aromatic carbocycles. The molecular weight excluding hydrogens is 200 g/mol. The Hall–Kier alpha value is -0.0900. The summed E-state index contributed by atoms with van der Waals surface area (Å²) in [6.07, 6.45) is 6.13. The molecule has 1 atom stereocenters. The molecule has 0 spiro atoms. The largest absolute Gasteiger partial charge is 0.286 e. The van der Waals surface area contributed by atoms with Gasteiger partial charge in [-0.15, -0.1) is 0 Å². The molecule has 86 valence electrons. The average molecular weight is 222 g/mol. The van der Waals surface area contributed by atoms with Crippen molar-refractivity contribution in [2.75, 3.05) is 5.75 Å². The van der Waals surface area contributed by atoms with Crippen LogP contribution in [0.5, 0.6) is 0 Å². The molecule has 0 bridgehead atoms. The van der Waals surface area contributed by atoms with Crippen molar-refractivity contribution in [2.45, 2.75) is 52.4 Å². The first kappa shape index (κ1) is 13.9. The highest BCUT2D eigenvalue weighted by Crippen LogP contribution is 2.19. The van der Waals surface area contributed by atoms with Gasteiger partial charge in [0.15, 0.2) is 0 Å². The third-order valence-electron chi connectivity index (χ3n) is 2.45. The van der Waals surface area contributed by atoms with Crippen molar-refractivity contribution in [1.29, 1.82) is 0 Å². The first-order valence-electron chi connectivity index (χ1n) is 5.44.